The van der Waals surface area contributed by atoms with E-state index in [9.17, 15) is 4.79 Å². The van der Waals surface area contributed by atoms with E-state index in [0.717, 1.165) is 6.42 Å². The highest BCUT2D eigenvalue weighted by Crippen LogP contribution is 2.07. The van der Waals surface area contributed by atoms with Crippen molar-refractivity contribution in [2.45, 2.75) is 26.7 Å². The topological polar surface area (TPSA) is 17.1 Å². The van der Waals surface area contributed by atoms with E-state index >= 15 is 0 Å². The molecule has 0 aliphatic rings. The van der Waals surface area contributed by atoms with Crippen molar-refractivity contribution in [2.75, 3.05) is 0 Å². The summed E-state index contributed by atoms with van der Waals surface area (Å²) in [6, 6.07) is 10.3. The lowest BCUT2D eigenvalue weighted by atomic mass is 10.1. The molecular formula is C13H16O. The molecule has 0 heterocycles. The van der Waals surface area contributed by atoms with Crippen LogP contribution in [0, 0.1) is 0 Å². The Morgan fingerprint density at radius 1 is 1.21 bits per heavy atom. The second-order valence-electron chi connectivity index (χ2n) is 3.62. The maximum atomic E-state index is 10.8. The zero-order valence-electron chi connectivity index (χ0n) is 8.79. The third-order valence-electron chi connectivity index (χ3n) is 2.06. The Kier molecular flexibility index (Phi) is 4.11. The number of ketones is 1. The van der Waals surface area contributed by atoms with E-state index in [0.29, 0.717) is 6.42 Å². The first-order chi connectivity index (χ1) is 6.68. The van der Waals surface area contributed by atoms with Crippen LogP contribution in [0.4, 0.5) is 0 Å². The smallest absolute Gasteiger partial charge is 0.133 e. The average Bonchev–Trinajstić information content (AvgIpc) is 2.16. The normalized spacial score (nSPS) is 11.4. The van der Waals surface area contributed by atoms with Crippen molar-refractivity contribution in [1.29, 1.82) is 0 Å². The van der Waals surface area contributed by atoms with E-state index in [1.54, 1.807) is 6.92 Å². The first kappa shape index (κ1) is 10.7. The highest BCUT2D eigenvalue weighted by molar-refractivity contribution is 5.77. The van der Waals surface area contributed by atoms with E-state index in [2.05, 4.69) is 19.1 Å². The summed E-state index contributed by atoms with van der Waals surface area (Å²) in [5.41, 5.74) is 2.55. The number of hydrogen-bond donors (Lipinski definition) is 0. The molecule has 14 heavy (non-hydrogen) atoms. The molecule has 1 heteroatoms. The molecule has 0 fully saturated rings. The van der Waals surface area contributed by atoms with Gasteiger partial charge in [-0.05, 0) is 25.8 Å². The zero-order chi connectivity index (χ0) is 10.4. The van der Waals surface area contributed by atoms with E-state index < -0.39 is 0 Å². The molecule has 0 aliphatic carbocycles. The van der Waals surface area contributed by atoms with Gasteiger partial charge in [-0.25, -0.2) is 0 Å². The third-order valence-corrected chi connectivity index (χ3v) is 2.06. The van der Waals surface area contributed by atoms with Gasteiger partial charge in [-0.15, -0.1) is 0 Å². The molecule has 0 aromatic heterocycles. The summed E-state index contributed by atoms with van der Waals surface area (Å²) in [4.78, 5) is 10.8. The Labute approximate surface area is 85.5 Å². The number of carbonyl (C=O) groups excluding carboxylic acids is 1. The van der Waals surface area contributed by atoms with Gasteiger partial charge < -0.3 is 0 Å². The van der Waals surface area contributed by atoms with Gasteiger partial charge in [0.1, 0.15) is 5.78 Å². The molecular weight excluding hydrogens is 172 g/mol. The number of benzene rings is 1. The van der Waals surface area contributed by atoms with Crippen LogP contribution in [-0.2, 0) is 11.2 Å². The van der Waals surface area contributed by atoms with Crippen molar-refractivity contribution >= 4 is 5.78 Å². The lowest BCUT2D eigenvalue weighted by molar-refractivity contribution is -0.116. The molecule has 0 N–H and O–H groups in total. The van der Waals surface area contributed by atoms with Crippen LogP contribution in [0.25, 0.3) is 0 Å². The number of carbonyl (C=O) groups is 1. The quantitative estimate of drug-likeness (QED) is 0.663. The maximum absolute atomic E-state index is 10.8. The van der Waals surface area contributed by atoms with E-state index in [-0.39, 0.29) is 5.78 Å². The molecule has 0 radical (unpaired) electrons. The zero-order valence-corrected chi connectivity index (χ0v) is 8.79. The standard InChI is InChI=1S/C13H16O/c1-11(8-9-12(2)14)10-13-6-4-3-5-7-13/h3-8H,9-10H2,1-2H3. The predicted molar refractivity (Wildman–Crippen MR) is 59.2 cm³/mol. The van der Waals surface area contributed by atoms with E-state index in [1.165, 1.54) is 11.1 Å². The lowest BCUT2D eigenvalue weighted by Crippen LogP contribution is -1.90. The molecule has 0 unspecified atom stereocenters. The summed E-state index contributed by atoms with van der Waals surface area (Å²) in [6.07, 6.45) is 3.50. The summed E-state index contributed by atoms with van der Waals surface area (Å²) in [6.45, 7) is 3.68. The van der Waals surface area contributed by atoms with Gasteiger partial charge in [0.2, 0.25) is 0 Å². The summed E-state index contributed by atoms with van der Waals surface area (Å²) in [5.74, 6) is 0.220. The molecule has 0 atom stereocenters. The van der Waals surface area contributed by atoms with E-state index in [4.69, 9.17) is 0 Å². The van der Waals surface area contributed by atoms with Crippen molar-refractivity contribution in [3.8, 4) is 0 Å². The monoisotopic (exact) mass is 188 g/mol. The van der Waals surface area contributed by atoms with Gasteiger partial charge in [0, 0.05) is 6.42 Å². The van der Waals surface area contributed by atoms with E-state index in [1.807, 2.05) is 24.3 Å². The van der Waals surface area contributed by atoms with Crippen LogP contribution >= 0.6 is 0 Å². The number of rotatable bonds is 4. The molecule has 0 bridgehead atoms. The van der Waals surface area contributed by atoms with Gasteiger partial charge in [-0.3, -0.25) is 4.79 Å². The van der Waals surface area contributed by atoms with Crippen LogP contribution in [0.5, 0.6) is 0 Å². The average molecular weight is 188 g/mol. The van der Waals surface area contributed by atoms with Crippen LogP contribution < -0.4 is 0 Å². The van der Waals surface area contributed by atoms with Crippen molar-refractivity contribution < 1.29 is 4.79 Å². The van der Waals surface area contributed by atoms with Gasteiger partial charge in [0.15, 0.2) is 0 Å². The van der Waals surface area contributed by atoms with Crippen molar-refractivity contribution in [2.24, 2.45) is 0 Å². The van der Waals surface area contributed by atoms with Crippen molar-refractivity contribution in [1.82, 2.24) is 0 Å². The molecule has 1 aromatic rings. The molecule has 0 aliphatic heterocycles. The second kappa shape index (κ2) is 5.38. The third kappa shape index (κ3) is 4.04. The first-order valence-electron chi connectivity index (χ1n) is 4.87. The van der Waals surface area contributed by atoms with Crippen molar-refractivity contribution in [3.63, 3.8) is 0 Å². The Morgan fingerprint density at radius 2 is 1.86 bits per heavy atom. The molecule has 0 saturated heterocycles. The largest absolute Gasteiger partial charge is 0.300 e. The Hall–Kier alpha value is -1.37. The van der Waals surface area contributed by atoms with Crippen molar-refractivity contribution in [3.05, 3.63) is 47.5 Å². The molecule has 74 valence electrons. The van der Waals surface area contributed by atoms with Crippen LogP contribution in [0.2, 0.25) is 0 Å². The predicted octanol–water partition coefficient (Wildman–Crippen LogP) is 3.15. The fourth-order valence-corrected chi connectivity index (χ4v) is 1.31. The minimum absolute atomic E-state index is 0.220. The van der Waals surface area contributed by atoms with Crippen LogP contribution in [0.3, 0.4) is 0 Å². The molecule has 0 spiro atoms. The SMILES string of the molecule is CC(=O)CC=C(C)Cc1ccccc1. The summed E-state index contributed by atoms with van der Waals surface area (Å²) in [7, 11) is 0. The molecule has 0 amide bonds. The summed E-state index contributed by atoms with van der Waals surface area (Å²) < 4.78 is 0. The Balaban J connectivity index is 2.53. The first-order valence-corrected chi connectivity index (χ1v) is 4.87. The Morgan fingerprint density at radius 3 is 2.43 bits per heavy atom. The maximum Gasteiger partial charge on any atom is 0.133 e. The number of Topliss-reactive ketones (excluding diaryl/α,β-unsaturated/α-hetero) is 1. The van der Waals surface area contributed by atoms with Gasteiger partial charge in [-0.1, -0.05) is 42.0 Å². The fraction of sp³-hybridized carbons (Fsp3) is 0.308. The van der Waals surface area contributed by atoms with Gasteiger partial charge in [-0.2, -0.15) is 0 Å². The van der Waals surface area contributed by atoms with Gasteiger partial charge >= 0.3 is 0 Å². The van der Waals surface area contributed by atoms with Crippen LogP contribution in [0.1, 0.15) is 25.8 Å². The molecule has 1 nitrogen and oxygen atoms in total. The number of hydrogen-bond acceptors (Lipinski definition) is 1. The van der Waals surface area contributed by atoms with Crippen LogP contribution in [-0.4, -0.2) is 5.78 Å². The molecule has 0 saturated carbocycles. The second-order valence-corrected chi connectivity index (χ2v) is 3.62. The molecule has 1 rings (SSSR count). The highest BCUT2D eigenvalue weighted by Gasteiger charge is 1.94. The van der Waals surface area contributed by atoms with Gasteiger partial charge in [0.25, 0.3) is 0 Å². The minimum atomic E-state index is 0.220. The number of allylic oxidation sites excluding steroid dienone is 2. The summed E-state index contributed by atoms with van der Waals surface area (Å²) in [5, 5.41) is 0. The lowest BCUT2D eigenvalue weighted by Gasteiger charge is -2.00. The fourth-order valence-electron chi connectivity index (χ4n) is 1.31. The highest BCUT2D eigenvalue weighted by atomic mass is 16.1. The molecule has 1 aromatic carbocycles. The van der Waals surface area contributed by atoms with Crippen LogP contribution in [0.15, 0.2) is 42.0 Å². The minimum Gasteiger partial charge on any atom is -0.300 e. The summed E-state index contributed by atoms with van der Waals surface area (Å²) >= 11 is 0. The van der Waals surface area contributed by atoms with Gasteiger partial charge in [0.05, 0.1) is 0 Å². The Bertz CT molecular complexity index is 322.